The number of anilines is 1. The summed E-state index contributed by atoms with van der Waals surface area (Å²) in [6.45, 7) is 7.97. The van der Waals surface area contributed by atoms with Gasteiger partial charge in [-0.05, 0) is 39.0 Å². The van der Waals surface area contributed by atoms with E-state index in [1.807, 2.05) is 39.0 Å². The fourth-order valence-corrected chi connectivity index (χ4v) is 3.37. The molecule has 0 bridgehead atoms. The molecule has 1 aromatic heterocycles. The summed E-state index contributed by atoms with van der Waals surface area (Å²) < 4.78 is 6.39. The van der Waals surface area contributed by atoms with Gasteiger partial charge in [-0.15, -0.1) is 0 Å². The minimum Gasteiger partial charge on any atom is -0.444 e. The lowest BCUT2D eigenvalue weighted by atomic mass is 10.1. The summed E-state index contributed by atoms with van der Waals surface area (Å²) in [4.78, 5) is 20.5. The van der Waals surface area contributed by atoms with E-state index < -0.39 is 5.60 Å². The van der Waals surface area contributed by atoms with E-state index in [1.165, 1.54) is 0 Å². The number of piperazine rings is 1. The number of nitrogens with zero attached hydrogens (tertiary/aromatic N) is 4. The van der Waals surface area contributed by atoms with Crippen molar-refractivity contribution in [2.45, 2.75) is 26.4 Å². The van der Waals surface area contributed by atoms with Crippen molar-refractivity contribution in [1.29, 1.82) is 5.26 Å². The monoisotopic (exact) mass is 416 g/mol. The molecule has 1 aliphatic heterocycles. The molecule has 1 amide bonds. The van der Waals surface area contributed by atoms with Crippen LogP contribution in [0, 0.1) is 11.3 Å². The maximum absolute atomic E-state index is 12.3. The molecule has 0 unspecified atom stereocenters. The highest BCUT2D eigenvalue weighted by Crippen LogP contribution is 2.32. The molecule has 6 nitrogen and oxygen atoms in total. The molecule has 2 aromatic rings. The number of aromatic nitrogens is 1. The summed E-state index contributed by atoms with van der Waals surface area (Å²) in [5, 5.41) is 10.5. The van der Waals surface area contributed by atoms with Crippen molar-refractivity contribution in [3.63, 3.8) is 0 Å². The smallest absolute Gasteiger partial charge is 0.410 e. The van der Waals surface area contributed by atoms with E-state index in [0.29, 0.717) is 31.7 Å². The molecular weight excluding hydrogens is 396 g/mol. The van der Waals surface area contributed by atoms with Crippen LogP contribution in [-0.4, -0.2) is 47.8 Å². The van der Waals surface area contributed by atoms with E-state index in [1.54, 1.807) is 11.1 Å². The maximum atomic E-state index is 12.3. The summed E-state index contributed by atoms with van der Waals surface area (Å²) in [7, 11) is 0. The molecule has 0 radical (unpaired) electrons. The van der Waals surface area contributed by atoms with Crippen LogP contribution in [-0.2, 0) is 4.74 Å². The Morgan fingerprint density at radius 2 is 1.96 bits per heavy atom. The van der Waals surface area contributed by atoms with Crippen LogP contribution in [0.5, 0.6) is 0 Å². The summed E-state index contributed by atoms with van der Waals surface area (Å²) in [5.41, 5.74) is 1.76. The fourth-order valence-electron chi connectivity index (χ4n) is 3.01. The van der Waals surface area contributed by atoms with Gasteiger partial charge in [-0.3, -0.25) is 4.98 Å². The number of carbonyl (C=O) groups is 1. The van der Waals surface area contributed by atoms with Gasteiger partial charge in [-0.2, -0.15) is 5.26 Å². The average molecular weight is 417 g/mol. The number of rotatable bonds is 1. The van der Waals surface area contributed by atoms with E-state index in [4.69, 9.17) is 4.74 Å². The first-order valence-corrected chi connectivity index (χ1v) is 9.29. The third kappa shape index (κ3) is 3.91. The summed E-state index contributed by atoms with van der Waals surface area (Å²) in [6.07, 6.45) is 1.33. The second kappa shape index (κ2) is 7.12. The first-order chi connectivity index (χ1) is 12.3. The van der Waals surface area contributed by atoms with Crippen LogP contribution in [0.25, 0.3) is 10.9 Å². The largest absolute Gasteiger partial charge is 0.444 e. The normalized spacial score (nSPS) is 15.0. The number of fused-ring (bicyclic) bond motifs is 1. The van der Waals surface area contributed by atoms with Crippen LogP contribution in [0.2, 0.25) is 0 Å². The summed E-state index contributed by atoms with van der Waals surface area (Å²) in [6, 6.07) is 8.10. The highest BCUT2D eigenvalue weighted by molar-refractivity contribution is 9.10. The molecule has 0 aliphatic carbocycles. The van der Waals surface area contributed by atoms with E-state index >= 15 is 0 Å². The van der Waals surface area contributed by atoms with Crippen molar-refractivity contribution in [3.8, 4) is 6.07 Å². The van der Waals surface area contributed by atoms with Gasteiger partial charge in [0.2, 0.25) is 0 Å². The lowest BCUT2D eigenvalue weighted by Gasteiger charge is -2.37. The second-order valence-corrected chi connectivity index (χ2v) is 8.16. The average Bonchev–Trinajstić information content (AvgIpc) is 2.59. The number of pyridine rings is 1. The van der Waals surface area contributed by atoms with Gasteiger partial charge < -0.3 is 14.5 Å². The predicted molar refractivity (Wildman–Crippen MR) is 104 cm³/mol. The van der Waals surface area contributed by atoms with Gasteiger partial charge in [-0.25, -0.2) is 4.79 Å². The SMILES string of the molecule is CC(C)(C)OC(=O)N1CCN(c2c(C#N)cnc3ccc(Br)cc23)CC1. The molecule has 136 valence electrons. The fraction of sp³-hybridized carbons (Fsp3) is 0.421. The number of halogens is 1. The van der Waals surface area contributed by atoms with Gasteiger partial charge in [0.05, 0.1) is 16.8 Å². The Bertz CT molecular complexity index is 877. The molecule has 1 saturated heterocycles. The standard InChI is InChI=1S/C19H21BrN4O2/c1-19(2,3)26-18(25)24-8-6-23(7-9-24)17-13(11-21)12-22-16-5-4-14(20)10-15(16)17/h4-5,10,12H,6-9H2,1-3H3. The van der Waals surface area contributed by atoms with E-state index in [-0.39, 0.29) is 6.09 Å². The van der Waals surface area contributed by atoms with Crippen LogP contribution in [0.1, 0.15) is 26.3 Å². The van der Waals surface area contributed by atoms with Crippen LogP contribution >= 0.6 is 15.9 Å². The zero-order chi connectivity index (χ0) is 18.9. The molecule has 3 rings (SSSR count). The van der Waals surface area contributed by atoms with Crippen molar-refractivity contribution in [3.05, 3.63) is 34.4 Å². The number of hydrogen-bond donors (Lipinski definition) is 0. The zero-order valence-electron chi connectivity index (χ0n) is 15.1. The Balaban J connectivity index is 1.85. The van der Waals surface area contributed by atoms with Gasteiger partial charge >= 0.3 is 6.09 Å². The number of carbonyl (C=O) groups excluding carboxylic acids is 1. The van der Waals surface area contributed by atoms with Crippen LogP contribution < -0.4 is 4.90 Å². The van der Waals surface area contributed by atoms with E-state index in [0.717, 1.165) is 21.1 Å². The molecule has 1 aromatic carbocycles. The van der Waals surface area contributed by atoms with Gasteiger partial charge in [0.25, 0.3) is 0 Å². The first-order valence-electron chi connectivity index (χ1n) is 8.50. The van der Waals surface area contributed by atoms with Crippen molar-refractivity contribution in [2.24, 2.45) is 0 Å². The zero-order valence-corrected chi connectivity index (χ0v) is 16.7. The molecule has 0 saturated carbocycles. The first kappa shape index (κ1) is 18.5. The Kier molecular flexibility index (Phi) is 5.05. The minimum absolute atomic E-state index is 0.292. The molecule has 1 fully saturated rings. The number of benzene rings is 1. The highest BCUT2D eigenvalue weighted by Gasteiger charge is 2.27. The van der Waals surface area contributed by atoms with E-state index in [2.05, 4.69) is 31.9 Å². The Morgan fingerprint density at radius 3 is 2.58 bits per heavy atom. The topological polar surface area (TPSA) is 69.5 Å². The molecule has 0 spiro atoms. The lowest BCUT2D eigenvalue weighted by Crippen LogP contribution is -2.50. The lowest BCUT2D eigenvalue weighted by molar-refractivity contribution is 0.0240. The minimum atomic E-state index is -0.504. The van der Waals surface area contributed by atoms with Crippen molar-refractivity contribution in [2.75, 3.05) is 31.1 Å². The van der Waals surface area contributed by atoms with Crippen molar-refractivity contribution < 1.29 is 9.53 Å². The maximum Gasteiger partial charge on any atom is 0.410 e. The summed E-state index contributed by atoms with van der Waals surface area (Å²) >= 11 is 3.49. The third-order valence-corrected chi connectivity index (χ3v) is 4.66. The van der Waals surface area contributed by atoms with Gasteiger partial charge in [-0.1, -0.05) is 15.9 Å². The van der Waals surface area contributed by atoms with Crippen LogP contribution in [0.15, 0.2) is 28.9 Å². The van der Waals surface area contributed by atoms with Crippen molar-refractivity contribution >= 4 is 38.6 Å². The second-order valence-electron chi connectivity index (χ2n) is 7.25. The number of ether oxygens (including phenoxy) is 1. The molecule has 2 heterocycles. The van der Waals surface area contributed by atoms with Gasteiger partial charge in [0, 0.05) is 42.2 Å². The Morgan fingerprint density at radius 1 is 1.27 bits per heavy atom. The molecule has 7 heteroatoms. The summed E-state index contributed by atoms with van der Waals surface area (Å²) in [5.74, 6) is 0. The third-order valence-electron chi connectivity index (χ3n) is 4.17. The quantitative estimate of drug-likeness (QED) is 0.704. The highest BCUT2D eigenvalue weighted by atomic mass is 79.9. The molecule has 0 N–H and O–H groups in total. The van der Waals surface area contributed by atoms with Crippen LogP contribution in [0.3, 0.4) is 0 Å². The van der Waals surface area contributed by atoms with Crippen molar-refractivity contribution in [1.82, 2.24) is 9.88 Å². The Labute approximate surface area is 161 Å². The molecule has 0 atom stereocenters. The molecule has 1 aliphatic rings. The molecule has 26 heavy (non-hydrogen) atoms. The predicted octanol–water partition coefficient (Wildman–Crippen LogP) is 3.93. The van der Waals surface area contributed by atoms with Gasteiger partial charge in [0.15, 0.2) is 0 Å². The van der Waals surface area contributed by atoms with E-state index in [9.17, 15) is 10.1 Å². The van der Waals surface area contributed by atoms with Gasteiger partial charge in [0.1, 0.15) is 11.7 Å². The van der Waals surface area contributed by atoms with Crippen LogP contribution in [0.4, 0.5) is 10.5 Å². The Hall–Kier alpha value is -2.33. The number of nitriles is 1. The number of amides is 1. The number of hydrogen-bond acceptors (Lipinski definition) is 5. The molecular formula is C19H21BrN4O2.